The Balaban J connectivity index is 1.69. The standard InChI is InChI=1S/C19H22N4O2S/c1-15(2)13-16-6-8-18(9-7-16)26(24,25)22-19-10-12-23(21-19)14-17-5-3-4-11-20-17/h3-12,15H,13-14H2,1-2H3,(H,21,22). The normalized spacial score (nSPS) is 11.7. The van der Waals surface area contributed by atoms with E-state index in [0.29, 0.717) is 12.5 Å². The van der Waals surface area contributed by atoms with Crippen LogP contribution in [-0.2, 0) is 23.0 Å². The second kappa shape index (κ2) is 7.70. The quantitative estimate of drug-likeness (QED) is 0.692. The molecule has 0 aliphatic rings. The molecule has 2 heterocycles. The SMILES string of the molecule is CC(C)Cc1ccc(S(=O)(=O)Nc2ccn(Cc3ccccn3)n2)cc1. The fraction of sp³-hybridized carbons (Fsp3) is 0.263. The number of pyridine rings is 1. The highest BCUT2D eigenvalue weighted by Crippen LogP contribution is 2.17. The summed E-state index contributed by atoms with van der Waals surface area (Å²) in [4.78, 5) is 4.46. The van der Waals surface area contributed by atoms with Crippen molar-refractivity contribution in [2.75, 3.05) is 4.72 Å². The molecule has 136 valence electrons. The van der Waals surface area contributed by atoms with E-state index in [-0.39, 0.29) is 10.7 Å². The van der Waals surface area contributed by atoms with Crippen LogP contribution in [0, 0.1) is 5.92 Å². The molecule has 1 aromatic carbocycles. The molecular weight excluding hydrogens is 348 g/mol. The van der Waals surface area contributed by atoms with Crippen LogP contribution in [0.5, 0.6) is 0 Å². The summed E-state index contributed by atoms with van der Waals surface area (Å²) in [5.41, 5.74) is 1.98. The van der Waals surface area contributed by atoms with Crippen LogP contribution in [0.15, 0.2) is 65.8 Å². The van der Waals surface area contributed by atoms with Gasteiger partial charge >= 0.3 is 0 Å². The summed E-state index contributed by atoms with van der Waals surface area (Å²) in [6.07, 6.45) is 4.36. The van der Waals surface area contributed by atoms with Gasteiger partial charge in [-0.3, -0.25) is 14.4 Å². The molecule has 0 bridgehead atoms. The lowest BCUT2D eigenvalue weighted by atomic mass is 10.0. The number of nitrogens with one attached hydrogen (secondary N) is 1. The molecule has 0 unspecified atom stereocenters. The van der Waals surface area contributed by atoms with E-state index < -0.39 is 10.0 Å². The predicted molar refractivity (Wildman–Crippen MR) is 101 cm³/mol. The molecule has 3 rings (SSSR count). The van der Waals surface area contributed by atoms with Gasteiger partial charge < -0.3 is 0 Å². The van der Waals surface area contributed by atoms with E-state index in [1.807, 2.05) is 30.3 Å². The van der Waals surface area contributed by atoms with Crippen molar-refractivity contribution in [3.8, 4) is 0 Å². The van der Waals surface area contributed by atoms with Gasteiger partial charge in [-0.05, 0) is 42.2 Å². The van der Waals surface area contributed by atoms with Crippen LogP contribution in [0.1, 0.15) is 25.1 Å². The second-order valence-electron chi connectivity index (χ2n) is 6.57. The average molecular weight is 370 g/mol. The van der Waals surface area contributed by atoms with Crippen molar-refractivity contribution in [1.82, 2.24) is 14.8 Å². The lowest BCUT2D eigenvalue weighted by molar-refractivity contribution is 0.600. The van der Waals surface area contributed by atoms with E-state index >= 15 is 0 Å². The minimum Gasteiger partial charge on any atom is -0.265 e. The van der Waals surface area contributed by atoms with Crippen LogP contribution in [-0.4, -0.2) is 23.2 Å². The van der Waals surface area contributed by atoms with E-state index in [1.54, 1.807) is 35.3 Å². The number of hydrogen-bond donors (Lipinski definition) is 1. The summed E-state index contributed by atoms with van der Waals surface area (Å²) in [6.45, 7) is 4.74. The highest BCUT2D eigenvalue weighted by Gasteiger charge is 2.15. The number of sulfonamides is 1. The van der Waals surface area contributed by atoms with E-state index in [2.05, 4.69) is 28.7 Å². The third-order valence-electron chi connectivity index (χ3n) is 3.81. The van der Waals surface area contributed by atoms with Gasteiger partial charge in [0.2, 0.25) is 0 Å². The van der Waals surface area contributed by atoms with Gasteiger partial charge in [0, 0.05) is 18.5 Å². The molecule has 0 spiro atoms. The summed E-state index contributed by atoms with van der Waals surface area (Å²) < 4.78 is 29.2. The third kappa shape index (κ3) is 4.70. The molecule has 0 saturated heterocycles. The Labute approximate surface area is 154 Å². The number of aromatic nitrogens is 3. The van der Waals surface area contributed by atoms with Gasteiger partial charge in [-0.25, -0.2) is 8.42 Å². The number of rotatable bonds is 7. The molecule has 0 aliphatic carbocycles. The monoisotopic (exact) mass is 370 g/mol. The topological polar surface area (TPSA) is 76.9 Å². The summed E-state index contributed by atoms with van der Waals surface area (Å²) in [5.74, 6) is 0.811. The van der Waals surface area contributed by atoms with Gasteiger partial charge in [-0.1, -0.05) is 32.0 Å². The number of anilines is 1. The van der Waals surface area contributed by atoms with Crippen molar-refractivity contribution in [3.05, 3.63) is 72.2 Å². The Kier molecular flexibility index (Phi) is 5.37. The van der Waals surface area contributed by atoms with Gasteiger partial charge in [0.15, 0.2) is 5.82 Å². The molecule has 0 aliphatic heterocycles. The zero-order valence-electron chi connectivity index (χ0n) is 14.8. The molecular formula is C19H22N4O2S. The van der Waals surface area contributed by atoms with E-state index in [4.69, 9.17) is 0 Å². The highest BCUT2D eigenvalue weighted by molar-refractivity contribution is 7.92. The first kappa shape index (κ1) is 18.1. The van der Waals surface area contributed by atoms with Crippen LogP contribution < -0.4 is 4.72 Å². The third-order valence-corrected chi connectivity index (χ3v) is 5.18. The Bertz CT molecular complexity index is 949. The molecule has 26 heavy (non-hydrogen) atoms. The van der Waals surface area contributed by atoms with Crippen LogP contribution in [0.3, 0.4) is 0 Å². The second-order valence-corrected chi connectivity index (χ2v) is 8.25. The molecule has 0 radical (unpaired) electrons. The van der Waals surface area contributed by atoms with Crippen molar-refractivity contribution in [3.63, 3.8) is 0 Å². The van der Waals surface area contributed by atoms with Crippen molar-refractivity contribution in [1.29, 1.82) is 0 Å². The molecule has 0 fully saturated rings. The predicted octanol–water partition coefficient (Wildman–Crippen LogP) is 3.33. The van der Waals surface area contributed by atoms with Crippen LogP contribution in [0.4, 0.5) is 5.82 Å². The first-order valence-corrected chi connectivity index (χ1v) is 9.96. The Morgan fingerprint density at radius 3 is 2.50 bits per heavy atom. The Morgan fingerprint density at radius 1 is 1.08 bits per heavy atom. The summed E-state index contributed by atoms with van der Waals surface area (Å²) in [5, 5.41) is 4.26. The van der Waals surface area contributed by atoms with Crippen LogP contribution in [0.2, 0.25) is 0 Å². The van der Waals surface area contributed by atoms with Gasteiger partial charge in [-0.15, -0.1) is 0 Å². The zero-order valence-corrected chi connectivity index (χ0v) is 15.6. The van der Waals surface area contributed by atoms with Crippen molar-refractivity contribution < 1.29 is 8.42 Å². The zero-order chi connectivity index (χ0) is 18.6. The molecule has 2 aromatic heterocycles. The molecule has 0 atom stereocenters. The average Bonchev–Trinajstić information content (AvgIpc) is 3.02. The lowest BCUT2D eigenvalue weighted by Crippen LogP contribution is -2.14. The van der Waals surface area contributed by atoms with Gasteiger partial charge in [0.05, 0.1) is 17.1 Å². The maximum Gasteiger partial charge on any atom is 0.263 e. The summed E-state index contributed by atoms with van der Waals surface area (Å²) in [7, 11) is -3.66. The Hall–Kier alpha value is -2.67. The molecule has 6 nitrogen and oxygen atoms in total. The molecule has 3 aromatic rings. The number of nitrogens with zero attached hydrogens (tertiary/aromatic N) is 3. The molecule has 1 N–H and O–H groups in total. The highest BCUT2D eigenvalue weighted by atomic mass is 32.2. The fourth-order valence-corrected chi connectivity index (χ4v) is 3.63. The maximum absolute atomic E-state index is 12.5. The van der Waals surface area contributed by atoms with E-state index in [1.165, 1.54) is 0 Å². The minimum atomic E-state index is -3.66. The molecule has 7 heteroatoms. The van der Waals surface area contributed by atoms with E-state index in [9.17, 15) is 8.42 Å². The number of benzene rings is 1. The summed E-state index contributed by atoms with van der Waals surface area (Å²) in [6, 6.07) is 14.2. The number of hydrogen-bond acceptors (Lipinski definition) is 4. The van der Waals surface area contributed by atoms with Crippen LogP contribution in [0.25, 0.3) is 0 Å². The largest absolute Gasteiger partial charge is 0.265 e. The van der Waals surface area contributed by atoms with Crippen molar-refractivity contribution in [2.24, 2.45) is 5.92 Å². The van der Waals surface area contributed by atoms with Gasteiger partial charge in [0.25, 0.3) is 10.0 Å². The van der Waals surface area contributed by atoms with Crippen molar-refractivity contribution >= 4 is 15.8 Å². The Morgan fingerprint density at radius 2 is 1.85 bits per heavy atom. The lowest BCUT2D eigenvalue weighted by Gasteiger charge is -2.08. The van der Waals surface area contributed by atoms with Gasteiger partial charge in [0.1, 0.15) is 0 Å². The summed E-state index contributed by atoms with van der Waals surface area (Å²) >= 11 is 0. The first-order chi connectivity index (χ1) is 12.4. The molecule has 0 amide bonds. The van der Waals surface area contributed by atoms with Crippen molar-refractivity contribution in [2.45, 2.75) is 31.7 Å². The smallest absolute Gasteiger partial charge is 0.263 e. The van der Waals surface area contributed by atoms with E-state index in [0.717, 1.165) is 17.7 Å². The van der Waals surface area contributed by atoms with Gasteiger partial charge in [-0.2, -0.15) is 5.10 Å². The minimum absolute atomic E-state index is 0.226. The van der Waals surface area contributed by atoms with Crippen LogP contribution >= 0.6 is 0 Å². The fourth-order valence-electron chi connectivity index (χ4n) is 2.63. The maximum atomic E-state index is 12.5. The first-order valence-electron chi connectivity index (χ1n) is 8.47. The molecule has 0 saturated carbocycles.